The van der Waals surface area contributed by atoms with Gasteiger partial charge in [0.05, 0.1) is 12.1 Å². The number of rotatable bonds is 6. The molecule has 0 radical (unpaired) electrons. The Morgan fingerprint density at radius 3 is 2.85 bits per heavy atom. The largest absolute Gasteiger partial charge is 0.489 e. The van der Waals surface area contributed by atoms with E-state index < -0.39 is 0 Å². The van der Waals surface area contributed by atoms with Crippen LogP contribution in [0.4, 0.5) is 0 Å². The molecule has 4 rings (SSSR count). The number of ether oxygens (including phenoxy) is 2. The summed E-state index contributed by atoms with van der Waals surface area (Å²) in [5.41, 5.74) is 1.70. The molecular formula is C21H25NO4. The molecule has 0 saturated heterocycles. The smallest absolute Gasteiger partial charge is 0.155 e. The van der Waals surface area contributed by atoms with Gasteiger partial charge in [0.25, 0.3) is 0 Å². The number of furan rings is 1. The van der Waals surface area contributed by atoms with Crippen LogP contribution in [0, 0.1) is 6.92 Å². The van der Waals surface area contributed by atoms with Gasteiger partial charge in [-0.15, -0.1) is 0 Å². The van der Waals surface area contributed by atoms with Crippen LogP contribution in [-0.2, 0) is 4.74 Å². The number of fused-ring (bicyclic) bond motifs is 1. The molecule has 2 heterocycles. The first-order valence-electron chi connectivity index (χ1n) is 9.07. The lowest BCUT2D eigenvalue weighted by atomic mass is 9.75. The molecule has 2 aliphatic rings. The van der Waals surface area contributed by atoms with Crippen molar-refractivity contribution in [2.45, 2.75) is 38.0 Å². The summed E-state index contributed by atoms with van der Waals surface area (Å²) >= 11 is 0. The second-order valence-corrected chi connectivity index (χ2v) is 7.16. The van der Waals surface area contributed by atoms with Crippen molar-refractivity contribution in [1.82, 2.24) is 4.90 Å². The Morgan fingerprint density at radius 2 is 2.15 bits per heavy atom. The zero-order chi connectivity index (χ0) is 18.1. The van der Waals surface area contributed by atoms with E-state index in [9.17, 15) is 5.11 Å². The van der Waals surface area contributed by atoms with Crippen molar-refractivity contribution in [3.63, 3.8) is 0 Å². The average molecular weight is 355 g/mol. The third-order valence-electron chi connectivity index (χ3n) is 5.49. The van der Waals surface area contributed by atoms with E-state index in [4.69, 9.17) is 13.9 Å². The molecule has 1 aliphatic heterocycles. The van der Waals surface area contributed by atoms with Crippen LogP contribution in [0.2, 0.25) is 0 Å². The van der Waals surface area contributed by atoms with E-state index in [2.05, 4.69) is 4.90 Å². The molecule has 1 aromatic carbocycles. The van der Waals surface area contributed by atoms with Gasteiger partial charge in [-0.1, -0.05) is 6.08 Å². The lowest BCUT2D eigenvalue weighted by Gasteiger charge is -2.52. The van der Waals surface area contributed by atoms with E-state index in [-0.39, 0.29) is 18.4 Å². The number of benzene rings is 1. The molecule has 1 fully saturated rings. The van der Waals surface area contributed by atoms with Gasteiger partial charge in [-0.2, -0.15) is 0 Å². The van der Waals surface area contributed by atoms with Gasteiger partial charge >= 0.3 is 0 Å². The van der Waals surface area contributed by atoms with Crippen molar-refractivity contribution in [2.24, 2.45) is 0 Å². The second kappa shape index (κ2) is 6.82. The van der Waals surface area contributed by atoms with E-state index in [1.54, 1.807) is 7.11 Å². The molecule has 1 unspecified atom stereocenters. The fraction of sp³-hybridized carbons (Fsp3) is 0.429. The summed E-state index contributed by atoms with van der Waals surface area (Å²) in [6.07, 6.45) is 8.96. The minimum atomic E-state index is -0.215. The summed E-state index contributed by atoms with van der Waals surface area (Å²) in [5, 5.41) is 10.9. The minimum absolute atomic E-state index is 0.141. The van der Waals surface area contributed by atoms with E-state index in [0.717, 1.165) is 47.3 Å². The monoisotopic (exact) mass is 355 g/mol. The van der Waals surface area contributed by atoms with E-state index in [1.165, 1.54) is 0 Å². The number of aliphatic hydroxyl groups is 1. The van der Waals surface area contributed by atoms with E-state index >= 15 is 0 Å². The summed E-state index contributed by atoms with van der Waals surface area (Å²) in [5.74, 6) is 1.69. The number of aryl methyl sites for hydroxylation is 1. The highest BCUT2D eigenvalue weighted by Crippen LogP contribution is 2.41. The number of allylic oxidation sites excluding steroid dienone is 2. The second-order valence-electron chi connectivity index (χ2n) is 7.16. The highest BCUT2D eigenvalue weighted by Gasteiger charge is 2.45. The molecule has 1 aliphatic carbocycles. The summed E-state index contributed by atoms with van der Waals surface area (Å²) in [6, 6.07) is 7.85. The Bertz CT molecular complexity index is 841. The van der Waals surface area contributed by atoms with Gasteiger partial charge in [-0.05, 0) is 56.5 Å². The first-order valence-corrected chi connectivity index (χ1v) is 9.07. The molecule has 26 heavy (non-hydrogen) atoms. The maximum Gasteiger partial charge on any atom is 0.155 e. The Hall–Kier alpha value is -2.24. The molecule has 1 atom stereocenters. The molecule has 1 aromatic heterocycles. The van der Waals surface area contributed by atoms with Crippen LogP contribution in [0.3, 0.4) is 0 Å². The van der Waals surface area contributed by atoms with Crippen molar-refractivity contribution < 1.29 is 19.0 Å². The Balaban J connectivity index is 1.49. The third kappa shape index (κ3) is 2.91. The Kier molecular flexibility index (Phi) is 4.51. The number of methoxy groups -OCH3 is 1. The Labute approximate surface area is 153 Å². The van der Waals surface area contributed by atoms with Crippen LogP contribution in [-0.4, -0.2) is 42.1 Å². The fourth-order valence-corrected chi connectivity index (χ4v) is 3.88. The van der Waals surface area contributed by atoms with Crippen LogP contribution in [0.5, 0.6) is 5.75 Å². The fourth-order valence-electron chi connectivity index (χ4n) is 3.88. The lowest BCUT2D eigenvalue weighted by Crippen LogP contribution is -2.59. The highest BCUT2D eigenvalue weighted by molar-refractivity contribution is 5.79. The number of aliphatic hydroxyl groups excluding tert-OH is 1. The van der Waals surface area contributed by atoms with Gasteiger partial charge in [0, 0.05) is 24.3 Å². The van der Waals surface area contributed by atoms with Gasteiger partial charge in [0.2, 0.25) is 0 Å². The predicted molar refractivity (Wildman–Crippen MR) is 100.0 cm³/mol. The molecule has 138 valence electrons. The maximum absolute atomic E-state index is 9.91. The summed E-state index contributed by atoms with van der Waals surface area (Å²) in [4.78, 5) is 2.15. The highest BCUT2D eigenvalue weighted by atomic mass is 16.5. The van der Waals surface area contributed by atoms with Gasteiger partial charge in [0.15, 0.2) is 6.23 Å². The first kappa shape index (κ1) is 17.2. The molecule has 1 saturated carbocycles. The normalized spacial score (nSPS) is 21.6. The summed E-state index contributed by atoms with van der Waals surface area (Å²) < 4.78 is 17.4. The van der Waals surface area contributed by atoms with Crippen LogP contribution < -0.4 is 4.74 Å². The molecule has 5 heteroatoms. The van der Waals surface area contributed by atoms with Gasteiger partial charge < -0.3 is 23.9 Å². The number of nitrogens with zero attached hydrogens (tertiary/aromatic N) is 1. The van der Waals surface area contributed by atoms with Crippen molar-refractivity contribution in [3.05, 3.63) is 54.0 Å². The van der Waals surface area contributed by atoms with Crippen LogP contribution in [0.1, 0.15) is 25.0 Å². The van der Waals surface area contributed by atoms with Crippen molar-refractivity contribution >= 4 is 11.0 Å². The molecule has 5 nitrogen and oxygen atoms in total. The quantitative estimate of drug-likeness (QED) is 0.855. The minimum Gasteiger partial charge on any atom is -0.489 e. The van der Waals surface area contributed by atoms with Crippen LogP contribution in [0.15, 0.2) is 52.6 Å². The van der Waals surface area contributed by atoms with E-state index in [0.29, 0.717) is 6.61 Å². The van der Waals surface area contributed by atoms with Crippen molar-refractivity contribution in [2.75, 3.05) is 20.3 Å². The molecule has 2 aromatic rings. The summed E-state index contributed by atoms with van der Waals surface area (Å²) in [7, 11) is 1.70. The first-order chi connectivity index (χ1) is 12.6. The zero-order valence-corrected chi connectivity index (χ0v) is 15.3. The molecule has 0 spiro atoms. The van der Waals surface area contributed by atoms with Gasteiger partial charge in [-0.25, -0.2) is 0 Å². The maximum atomic E-state index is 9.91. The van der Waals surface area contributed by atoms with Gasteiger partial charge in [0.1, 0.15) is 23.7 Å². The number of hydrogen-bond donors (Lipinski definition) is 1. The van der Waals surface area contributed by atoms with Crippen LogP contribution >= 0.6 is 0 Å². The SMILES string of the molecule is COC1C(COc2ccc3oc(C)cc3c2)=CC=CN1C1(CO)CCC1. The standard InChI is InChI=1S/C21H25NO4/c1-15-11-17-12-18(6-7-19(17)26-15)25-13-16-5-3-10-22(20(16)24-2)21(14-23)8-4-9-21/h3,5-7,10-12,20,23H,4,8-9,13-14H2,1-2H3. The average Bonchev–Trinajstić information content (AvgIpc) is 2.99. The van der Waals surface area contributed by atoms with Crippen molar-refractivity contribution in [3.8, 4) is 5.75 Å². The summed E-state index contributed by atoms with van der Waals surface area (Å²) in [6.45, 7) is 2.51. The number of hydrogen-bond acceptors (Lipinski definition) is 5. The Morgan fingerprint density at radius 1 is 1.31 bits per heavy atom. The molecule has 0 amide bonds. The zero-order valence-electron chi connectivity index (χ0n) is 15.3. The topological polar surface area (TPSA) is 55.1 Å². The lowest BCUT2D eigenvalue weighted by molar-refractivity contribution is -0.0947. The third-order valence-corrected chi connectivity index (χ3v) is 5.49. The molecule has 1 N–H and O–H groups in total. The van der Waals surface area contributed by atoms with Crippen LogP contribution in [0.25, 0.3) is 11.0 Å². The van der Waals surface area contributed by atoms with Gasteiger partial charge in [-0.3, -0.25) is 0 Å². The molecular weight excluding hydrogens is 330 g/mol. The predicted octanol–water partition coefficient (Wildman–Crippen LogP) is 3.76. The van der Waals surface area contributed by atoms with E-state index in [1.807, 2.05) is 49.5 Å². The van der Waals surface area contributed by atoms with Crippen molar-refractivity contribution in [1.29, 1.82) is 0 Å². The molecule has 0 bridgehead atoms.